The summed E-state index contributed by atoms with van der Waals surface area (Å²) in [6.45, 7) is 5.64. The molecule has 1 aromatic rings. The summed E-state index contributed by atoms with van der Waals surface area (Å²) >= 11 is 0. The van der Waals surface area contributed by atoms with Gasteiger partial charge in [0.25, 0.3) is 0 Å². The Morgan fingerprint density at radius 1 is 1.33 bits per heavy atom. The Hall–Kier alpha value is -0.820. The average Bonchev–Trinajstić information content (AvgIpc) is 2.27. The molecule has 0 aromatic heterocycles. The lowest BCUT2D eigenvalue weighted by Crippen LogP contribution is -2.10. The Balaban J connectivity index is 2.62. The molecule has 1 N–H and O–H groups in total. The molecule has 0 saturated heterocycles. The van der Waals surface area contributed by atoms with Gasteiger partial charge in [0.15, 0.2) is 0 Å². The van der Waals surface area contributed by atoms with E-state index in [1.165, 1.54) is 30.4 Å². The van der Waals surface area contributed by atoms with Gasteiger partial charge in [-0.25, -0.2) is 0 Å². The summed E-state index contributed by atoms with van der Waals surface area (Å²) in [7, 11) is 2.01. The van der Waals surface area contributed by atoms with Gasteiger partial charge < -0.3 is 5.32 Å². The number of hydrogen-bond acceptors (Lipinski definition) is 1. The van der Waals surface area contributed by atoms with Gasteiger partial charge >= 0.3 is 0 Å². The van der Waals surface area contributed by atoms with Gasteiger partial charge in [-0.15, -0.1) is 0 Å². The van der Waals surface area contributed by atoms with Crippen molar-refractivity contribution in [3.63, 3.8) is 0 Å². The third-order valence-electron chi connectivity index (χ3n) is 2.89. The molecule has 0 aliphatic carbocycles. The summed E-state index contributed by atoms with van der Waals surface area (Å²) in [6, 6.07) is 9.04. The molecule has 15 heavy (non-hydrogen) atoms. The molecule has 0 saturated carbocycles. The molecule has 1 unspecified atom stereocenters. The molecule has 1 aromatic carbocycles. The predicted molar refractivity (Wildman–Crippen MR) is 67.4 cm³/mol. The van der Waals surface area contributed by atoms with E-state index in [-0.39, 0.29) is 0 Å². The highest BCUT2D eigenvalue weighted by atomic mass is 14.8. The molecule has 84 valence electrons. The van der Waals surface area contributed by atoms with E-state index in [0.717, 1.165) is 6.54 Å². The highest BCUT2D eigenvalue weighted by molar-refractivity contribution is 5.26. The Bertz CT molecular complexity index is 280. The number of nitrogens with one attached hydrogen (secondary N) is 1. The zero-order valence-electron chi connectivity index (χ0n) is 10.2. The Kier molecular flexibility index (Phi) is 5.41. The summed E-state index contributed by atoms with van der Waals surface area (Å²) in [5.41, 5.74) is 2.96. The summed E-state index contributed by atoms with van der Waals surface area (Å²) < 4.78 is 0. The van der Waals surface area contributed by atoms with Crippen LogP contribution < -0.4 is 5.32 Å². The van der Waals surface area contributed by atoms with Crippen molar-refractivity contribution in [1.82, 2.24) is 5.32 Å². The summed E-state index contributed by atoms with van der Waals surface area (Å²) in [6.07, 6.45) is 3.65. The van der Waals surface area contributed by atoms with Crippen molar-refractivity contribution in [2.75, 3.05) is 13.6 Å². The van der Waals surface area contributed by atoms with Gasteiger partial charge in [-0.2, -0.15) is 0 Å². The molecular formula is C14H23N. The van der Waals surface area contributed by atoms with E-state index in [0.29, 0.717) is 5.92 Å². The molecule has 0 bridgehead atoms. The van der Waals surface area contributed by atoms with Crippen molar-refractivity contribution in [2.24, 2.45) is 0 Å². The fourth-order valence-corrected chi connectivity index (χ4v) is 1.87. The SMILES string of the molecule is CCCc1cccc(C(C)CCNC)c1. The molecule has 1 heteroatoms. The van der Waals surface area contributed by atoms with Crippen LogP contribution in [0, 0.1) is 0 Å². The van der Waals surface area contributed by atoms with Crippen LogP contribution in [0.5, 0.6) is 0 Å². The van der Waals surface area contributed by atoms with Crippen molar-refractivity contribution in [1.29, 1.82) is 0 Å². The first-order valence-electron chi connectivity index (χ1n) is 6.01. The normalized spacial score (nSPS) is 12.7. The van der Waals surface area contributed by atoms with Crippen LogP contribution in [0.15, 0.2) is 24.3 Å². The maximum absolute atomic E-state index is 3.21. The topological polar surface area (TPSA) is 12.0 Å². The number of rotatable bonds is 6. The van der Waals surface area contributed by atoms with E-state index in [1.807, 2.05) is 7.05 Å². The lowest BCUT2D eigenvalue weighted by atomic mass is 9.95. The Labute approximate surface area is 93.9 Å². The van der Waals surface area contributed by atoms with Crippen molar-refractivity contribution in [3.8, 4) is 0 Å². The molecule has 0 aliphatic rings. The number of aryl methyl sites for hydroxylation is 1. The molecule has 0 fully saturated rings. The zero-order valence-corrected chi connectivity index (χ0v) is 10.2. The summed E-state index contributed by atoms with van der Waals surface area (Å²) in [4.78, 5) is 0. The van der Waals surface area contributed by atoms with Crippen LogP contribution in [0.2, 0.25) is 0 Å². The largest absolute Gasteiger partial charge is 0.320 e. The molecule has 0 amide bonds. The number of hydrogen-bond donors (Lipinski definition) is 1. The second-order valence-corrected chi connectivity index (χ2v) is 4.29. The minimum Gasteiger partial charge on any atom is -0.320 e. The van der Waals surface area contributed by atoms with E-state index >= 15 is 0 Å². The van der Waals surface area contributed by atoms with Crippen LogP contribution in [0.3, 0.4) is 0 Å². The van der Waals surface area contributed by atoms with Crippen LogP contribution in [-0.4, -0.2) is 13.6 Å². The van der Waals surface area contributed by atoms with Gasteiger partial charge in [0.2, 0.25) is 0 Å². The van der Waals surface area contributed by atoms with Gasteiger partial charge in [0.05, 0.1) is 0 Å². The standard InChI is InChI=1S/C14H23N/c1-4-6-13-7-5-8-14(11-13)12(2)9-10-15-3/h5,7-8,11-12,15H,4,6,9-10H2,1-3H3. The highest BCUT2D eigenvalue weighted by Crippen LogP contribution is 2.20. The second kappa shape index (κ2) is 6.62. The van der Waals surface area contributed by atoms with E-state index in [2.05, 4.69) is 43.4 Å². The smallest absolute Gasteiger partial charge is 0.00462 e. The van der Waals surface area contributed by atoms with E-state index in [1.54, 1.807) is 0 Å². The molecule has 1 rings (SSSR count). The van der Waals surface area contributed by atoms with Gasteiger partial charge in [0.1, 0.15) is 0 Å². The first kappa shape index (κ1) is 12.3. The van der Waals surface area contributed by atoms with Crippen molar-refractivity contribution in [2.45, 2.75) is 39.0 Å². The maximum Gasteiger partial charge on any atom is -0.00462 e. The van der Waals surface area contributed by atoms with Crippen LogP contribution in [0.4, 0.5) is 0 Å². The average molecular weight is 205 g/mol. The van der Waals surface area contributed by atoms with E-state index in [9.17, 15) is 0 Å². The van der Waals surface area contributed by atoms with Gasteiger partial charge in [-0.1, -0.05) is 44.5 Å². The Morgan fingerprint density at radius 2 is 2.13 bits per heavy atom. The fourth-order valence-electron chi connectivity index (χ4n) is 1.87. The molecular weight excluding hydrogens is 182 g/mol. The predicted octanol–water partition coefficient (Wildman–Crippen LogP) is 3.35. The maximum atomic E-state index is 3.21. The fraction of sp³-hybridized carbons (Fsp3) is 0.571. The zero-order chi connectivity index (χ0) is 11.1. The lowest BCUT2D eigenvalue weighted by molar-refractivity contribution is 0.635. The molecule has 0 radical (unpaired) electrons. The lowest BCUT2D eigenvalue weighted by Gasteiger charge is -2.12. The van der Waals surface area contributed by atoms with Crippen LogP contribution in [0.1, 0.15) is 43.7 Å². The molecule has 0 aliphatic heterocycles. The Morgan fingerprint density at radius 3 is 2.80 bits per heavy atom. The minimum absolute atomic E-state index is 0.661. The van der Waals surface area contributed by atoms with Crippen molar-refractivity contribution >= 4 is 0 Å². The molecule has 1 nitrogen and oxygen atoms in total. The van der Waals surface area contributed by atoms with E-state index in [4.69, 9.17) is 0 Å². The summed E-state index contributed by atoms with van der Waals surface area (Å²) in [5, 5.41) is 3.21. The molecule has 0 spiro atoms. The van der Waals surface area contributed by atoms with Gasteiger partial charge in [-0.3, -0.25) is 0 Å². The van der Waals surface area contributed by atoms with Crippen LogP contribution in [-0.2, 0) is 6.42 Å². The van der Waals surface area contributed by atoms with Crippen molar-refractivity contribution in [3.05, 3.63) is 35.4 Å². The molecule has 0 heterocycles. The second-order valence-electron chi connectivity index (χ2n) is 4.29. The third kappa shape index (κ3) is 4.05. The molecule has 1 atom stereocenters. The monoisotopic (exact) mass is 205 g/mol. The summed E-state index contributed by atoms with van der Waals surface area (Å²) in [5.74, 6) is 0.661. The highest BCUT2D eigenvalue weighted by Gasteiger charge is 2.04. The van der Waals surface area contributed by atoms with Crippen LogP contribution >= 0.6 is 0 Å². The first-order valence-corrected chi connectivity index (χ1v) is 6.01. The van der Waals surface area contributed by atoms with Gasteiger partial charge in [-0.05, 0) is 43.5 Å². The van der Waals surface area contributed by atoms with Crippen LogP contribution in [0.25, 0.3) is 0 Å². The minimum atomic E-state index is 0.661. The first-order chi connectivity index (χ1) is 7.27. The quantitative estimate of drug-likeness (QED) is 0.751. The van der Waals surface area contributed by atoms with Crippen molar-refractivity contribution < 1.29 is 0 Å². The van der Waals surface area contributed by atoms with E-state index < -0.39 is 0 Å². The number of benzene rings is 1. The third-order valence-corrected chi connectivity index (χ3v) is 2.89. The van der Waals surface area contributed by atoms with Gasteiger partial charge in [0, 0.05) is 0 Å².